The Labute approximate surface area is 279 Å². The van der Waals surface area contributed by atoms with Gasteiger partial charge in [-0.2, -0.15) is 13.2 Å². The molecule has 0 radical (unpaired) electrons. The molecule has 1 fully saturated rings. The van der Waals surface area contributed by atoms with E-state index in [4.69, 9.17) is 21.4 Å². The number of nitrogens with one attached hydrogen (secondary N) is 4. The van der Waals surface area contributed by atoms with Crippen molar-refractivity contribution in [3.05, 3.63) is 35.9 Å². The average Bonchev–Trinajstić information content (AvgIpc) is 2.99. The molecule has 1 aromatic carbocycles. The minimum Gasteiger partial charge on any atom is -0.481 e. The minimum absolute atomic E-state index is 0.0311. The van der Waals surface area contributed by atoms with Gasteiger partial charge < -0.3 is 47.8 Å². The molecule has 0 spiro atoms. The van der Waals surface area contributed by atoms with Crippen molar-refractivity contribution in [2.45, 2.75) is 69.9 Å². The number of alkyl halides is 3. The molecule has 0 bridgehead atoms. The Bertz CT molecular complexity index is 1370. The van der Waals surface area contributed by atoms with Crippen LogP contribution in [-0.4, -0.2) is 113 Å². The number of benzene rings is 1. The second kappa shape index (κ2) is 19.4. The molecule has 1 aliphatic heterocycles. The fraction of sp³-hybridized carbons (Fsp3) is 0.517. The number of carbonyl (C=O) groups is 7. The zero-order valence-corrected chi connectivity index (χ0v) is 27.0. The molecule has 1 aromatic rings. The number of aliphatic imine (C=N–C) groups is 1. The van der Waals surface area contributed by atoms with Crippen molar-refractivity contribution in [3.63, 3.8) is 0 Å². The second-order valence-electron chi connectivity index (χ2n) is 11.1. The van der Waals surface area contributed by atoms with Gasteiger partial charge >= 0.3 is 18.1 Å². The molecule has 1 heterocycles. The van der Waals surface area contributed by atoms with Crippen molar-refractivity contribution in [1.29, 1.82) is 0 Å². The Morgan fingerprint density at radius 2 is 1.51 bits per heavy atom. The van der Waals surface area contributed by atoms with Gasteiger partial charge in [-0.25, -0.2) is 4.79 Å². The van der Waals surface area contributed by atoms with Crippen molar-refractivity contribution in [2.24, 2.45) is 22.4 Å². The molecule has 10 N–H and O–H groups in total. The van der Waals surface area contributed by atoms with Crippen LogP contribution in [0.2, 0.25) is 0 Å². The highest BCUT2D eigenvalue weighted by molar-refractivity contribution is 5.98. The number of rotatable bonds is 9. The van der Waals surface area contributed by atoms with Crippen LogP contribution in [-0.2, 0) is 40.0 Å². The van der Waals surface area contributed by atoms with E-state index < -0.39 is 90.7 Å². The molecular formula is C29H41F3N8O9. The van der Waals surface area contributed by atoms with Gasteiger partial charge in [-0.05, 0) is 24.3 Å². The van der Waals surface area contributed by atoms with Gasteiger partial charge in [0.25, 0.3) is 0 Å². The molecule has 5 amide bonds. The maximum absolute atomic E-state index is 13.8. The summed E-state index contributed by atoms with van der Waals surface area (Å²) in [6.07, 6.45) is -5.41. The topological polar surface area (TPSA) is 276 Å². The summed E-state index contributed by atoms with van der Waals surface area (Å²) < 4.78 is 31.7. The van der Waals surface area contributed by atoms with E-state index in [2.05, 4.69) is 26.3 Å². The number of carbonyl (C=O) groups excluding carboxylic acids is 5. The van der Waals surface area contributed by atoms with Gasteiger partial charge in [-0.15, -0.1) is 0 Å². The van der Waals surface area contributed by atoms with Crippen LogP contribution in [0.15, 0.2) is 35.3 Å². The highest BCUT2D eigenvalue weighted by atomic mass is 19.4. The summed E-state index contributed by atoms with van der Waals surface area (Å²) >= 11 is 0. The molecule has 20 heteroatoms. The van der Waals surface area contributed by atoms with Gasteiger partial charge in [0.1, 0.15) is 24.2 Å². The summed E-state index contributed by atoms with van der Waals surface area (Å²) in [5.74, 6) is -8.34. The number of carboxylic acid groups (broad SMARTS) is 2. The predicted octanol–water partition coefficient (Wildman–Crippen LogP) is -1.54. The number of nitrogens with zero attached hydrogens (tertiary/aromatic N) is 2. The number of likely N-dealkylation sites (N-methyl/N-ethyl adjacent to an activating group) is 1. The molecule has 1 aliphatic rings. The SMILES string of the molecule is CC(C)[C@H]1C(=O)N[C@@H](CCCN=C(N)N)C(=O)NCC(=O)N[C@@H](CC(=O)O)C(=O)N[C@H](Cc2ccccc2)C(=O)N1C.O=C(O)C(F)(F)F. The van der Waals surface area contributed by atoms with E-state index >= 15 is 0 Å². The number of nitrogens with two attached hydrogens (primary N) is 2. The first-order valence-electron chi connectivity index (χ1n) is 14.8. The van der Waals surface area contributed by atoms with Gasteiger partial charge in [-0.1, -0.05) is 44.2 Å². The van der Waals surface area contributed by atoms with Crippen LogP contribution < -0.4 is 32.7 Å². The van der Waals surface area contributed by atoms with Crippen LogP contribution in [0, 0.1) is 5.92 Å². The summed E-state index contributed by atoms with van der Waals surface area (Å²) in [6.45, 7) is 3.04. The van der Waals surface area contributed by atoms with E-state index in [-0.39, 0.29) is 25.3 Å². The molecule has 0 unspecified atom stereocenters. The molecule has 2 rings (SSSR count). The molecule has 0 saturated carbocycles. The summed E-state index contributed by atoms with van der Waals surface area (Å²) in [4.78, 5) is 91.7. The molecule has 272 valence electrons. The monoisotopic (exact) mass is 702 g/mol. The maximum Gasteiger partial charge on any atom is 0.490 e. The number of halogens is 3. The number of hydrogen-bond acceptors (Lipinski definition) is 8. The Morgan fingerprint density at radius 3 is 2.02 bits per heavy atom. The molecule has 1 saturated heterocycles. The molecule has 4 atom stereocenters. The van der Waals surface area contributed by atoms with Crippen molar-refractivity contribution >= 4 is 47.4 Å². The standard InChI is InChI=1S/C27H40N8O7.C2HF3O2/c1-15(2)22-25(41)33-17(10-7-11-30-27(28)29)23(39)31-14-20(36)32-18(13-21(37)38)24(40)34-19(26(42)35(22)3)12-16-8-5-4-6-9-16;3-2(4,5)1(6)7/h4-6,8-9,15,17-19,22H,7,10-14H2,1-3H3,(H,31,39)(H,32,36)(H,33,41)(H,34,40)(H,37,38)(H4,28,29,30);(H,6,7)/t17-,18-,19+,22-;/m0./s1. The number of amides is 5. The summed E-state index contributed by atoms with van der Waals surface area (Å²) in [7, 11) is 1.42. The third-order valence-electron chi connectivity index (χ3n) is 6.84. The van der Waals surface area contributed by atoms with Crippen LogP contribution in [0.5, 0.6) is 0 Å². The van der Waals surface area contributed by atoms with Crippen molar-refractivity contribution in [3.8, 4) is 0 Å². The zero-order valence-electron chi connectivity index (χ0n) is 27.0. The van der Waals surface area contributed by atoms with E-state index in [1.165, 1.54) is 11.9 Å². The van der Waals surface area contributed by atoms with E-state index in [0.29, 0.717) is 12.0 Å². The minimum atomic E-state index is -5.08. The summed E-state index contributed by atoms with van der Waals surface area (Å²) in [5, 5.41) is 26.4. The van der Waals surface area contributed by atoms with Crippen molar-refractivity contribution < 1.29 is 56.9 Å². The average molecular weight is 703 g/mol. The normalized spacial score (nSPS) is 21.0. The number of guanidine groups is 1. The third-order valence-corrected chi connectivity index (χ3v) is 6.84. The molecule has 49 heavy (non-hydrogen) atoms. The highest BCUT2D eigenvalue weighted by Crippen LogP contribution is 2.15. The lowest BCUT2D eigenvalue weighted by molar-refractivity contribution is -0.192. The van der Waals surface area contributed by atoms with E-state index in [9.17, 15) is 47.0 Å². The number of aliphatic carboxylic acids is 2. The predicted molar refractivity (Wildman–Crippen MR) is 166 cm³/mol. The molecule has 0 aliphatic carbocycles. The first-order chi connectivity index (χ1) is 22.7. The quantitative estimate of drug-likeness (QED) is 0.0829. The lowest BCUT2D eigenvalue weighted by Gasteiger charge is -2.34. The first kappa shape index (κ1) is 41.6. The van der Waals surface area contributed by atoms with Crippen LogP contribution in [0.4, 0.5) is 13.2 Å². The Kier molecular flexibility index (Phi) is 16.5. The Hall–Kier alpha value is -5.43. The van der Waals surface area contributed by atoms with Crippen molar-refractivity contribution in [1.82, 2.24) is 26.2 Å². The third kappa shape index (κ3) is 14.9. The van der Waals surface area contributed by atoms with E-state index in [0.717, 1.165) is 0 Å². The van der Waals surface area contributed by atoms with E-state index in [1.807, 2.05) is 0 Å². The smallest absolute Gasteiger partial charge is 0.481 e. The fourth-order valence-corrected chi connectivity index (χ4v) is 4.58. The van der Waals surface area contributed by atoms with Gasteiger partial charge in [0.15, 0.2) is 5.96 Å². The Morgan fingerprint density at radius 1 is 0.939 bits per heavy atom. The fourth-order valence-electron chi connectivity index (χ4n) is 4.58. The highest BCUT2D eigenvalue weighted by Gasteiger charge is 2.39. The molecule has 17 nitrogen and oxygen atoms in total. The molecule has 0 aromatic heterocycles. The van der Waals surface area contributed by atoms with Gasteiger partial charge in [0.2, 0.25) is 29.5 Å². The zero-order chi connectivity index (χ0) is 37.5. The van der Waals surface area contributed by atoms with Gasteiger partial charge in [0.05, 0.1) is 13.0 Å². The van der Waals surface area contributed by atoms with Crippen LogP contribution in [0.3, 0.4) is 0 Å². The van der Waals surface area contributed by atoms with Crippen LogP contribution in [0.1, 0.15) is 38.7 Å². The second-order valence-corrected chi connectivity index (χ2v) is 11.1. The molecular weight excluding hydrogens is 661 g/mol. The van der Waals surface area contributed by atoms with Crippen LogP contribution in [0.25, 0.3) is 0 Å². The van der Waals surface area contributed by atoms with Gasteiger partial charge in [0, 0.05) is 20.0 Å². The summed E-state index contributed by atoms with van der Waals surface area (Å²) in [6, 6.07) is 3.92. The lowest BCUT2D eigenvalue weighted by Crippen LogP contribution is -2.59. The largest absolute Gasteiger partial charge is 0.490 e. The maximum atomic E-state index is 13.8. The Balaban J connectivity index is 0.00000154. The van der Waals surface area contributed by atoms with Crippen LogP contribution >= 0.6 is 0 Å². The number of hydrogen-bond donors (Lipinski definition) is 8. The van der Waals surface area contributed by atoms with E-state index in [1.54, 1.807) is 44.2 Å². The lowest BCUT2D eigenvalue weighted by atomic mass is 9.98. The van der Waals surface area contributed by atoms with Crippen molar-refractivity contribution in [2.75, 3.05) is 20.1 Å². The first-order valence-corrected chi connectivity index (χ1v) is 14.8. The van der Waals surface area contributed by atoms with Gasteiger partial charge in [-0.3, -0.25) is 33.8 Å². The number of carboxylic acids is 2. The summed E-state index contributed by atoms with van der Waals surface area (Å²) in [5.41, 5.74) is 11.4.